The van der Waals surface area contributed by atoms with E-state index >= 15 is 0 Å². The number of aryl methyl sites for hydroxylation is 1. The molecule has 2 heterocycles. The summed E-state index contributed by atoms with van der Waals surface area (Å²) in [5.41, 5.74) is 6.37. The predicted octanol–water partition coefficient (Wildman–Crippen LogP) is 2.01. The topological polar surface area (TPSA) is 91.0 Å². The third kappa shape index (κ3) is 1.95. The molecule has 0 unspecified atom stereocenters. The maximum Gasteiger partial charge on any atom is 0.263 e. The fourth-order valence-corrected chi connectivity index (χ4v) is 1.61. The molecular formula is C11H16N4O2. The van der Waals surface area contributed by atoms with Crippen LogP contribution < -0.4 is 5.73 Å². The highest BCUT2D eigenvalue weighted by atomic mass is 16.5. The van der Waals surface area contributed by atoms with E-state index in [-0.39, 0.29) is 0 Å². The van der Waals surface area contributed by atoms with Gasteiger partial charge in [0.25, 0.3) is 5.89 Å². The van der Waals surface area contributed by atoms with Gasteiger partial charge in [0, 0.05) is 0 Å². The van der Waals surface area contributed by atoms with Crippen LogP contribution in [0.1, 0.15) is 38.3 Å². The lowest BCUT2D eigenvalue weighted by Gasteiger charge is -2.21. The number of aromatic nitrogens is 3. The van der Waals surface area contributed by atoms with E-state index in [2.05, 4.69) is 15.3 Å². The molecule has 0 saturated heterocycles. The lowest BCUT2D eigenvalue weighted by Crippen LogP contribution is -2.36. The first-order valence-electron chi connectivity index (χ1n) is 5.65. The predicted molar refractivity (Wildman–Crippen MR) is 61.0 cm³/mol. The first kappa shape index (κ1) is 11.8. The molecule has 2 N–H and O–H groups in total. The van der Waals surface area contributed by atoms with Gasteiger partial charge in [0.2, 0.25) is 0 Å². The van der Waals surface area contributed by atoms with Gasteiger partial charge in [-0.2, -0.15) is 4.98 Å². The minimum atomic E-state index is -0.535. The molecule has 6 heteroatoms. The first-order valence-corrected chi connectivity index (χ1v) is 5.65. The van der Waals surface area contributed by atoms with Gasteiger partial charge in [-0.1, -0.05) is 24.2 Å². The standard InChI is InChI=1S/C11H16N4O2/c1-4-11(12,5-2)10-14-9(17-15-10)8-6-13-16-7(8)3/h6H,4-5,12H2,1-3H3. The van der Waals surface area contributed by atoms with E-state index in [1.165, 1.54) is 0 Å². The molecular weight excluding hydrogens is 220 g/mol. The van der Waals surface area contributed by atoms with E-state index < -0.39 is 5.54 Å². The summed E-state index contributed by atoms with van der Waals surface area (Å²) in [7, 11) is 0. The normalized spacial score (nSPS) is 12.0. The quantitative estimate of drug-likeness (QED) is 0.873. The fraction of sp³-hybridized carbons (Fsp3) is 0.545. The van der Waals surface area contributed by atoms with Gasteiger partial charge >= 0.3 is 0 Å². The Bertz CT molecular complexity index is 499. The van der Waals surface area contributed by atoms with E-state index in [0.717, 1.165) is 12.8 Å². The van der Waals surface area contributed by atoms with Gasteiger partial charge in [0.05, 0.1) is 11.7 Å². The minimum Gasteiger partial charge on any atom is -0.361 e. The molecule has 0 aromatic carbocycles. The number of nitrogens with zero attached hydrogens (tertiary/aromatic N) is 3. The van der Waals surface area contributed by atoms with Gasteiger partial charge in [-0.25, -0.2) is 0 Å². The van der Waals surface area contributed by atoms with Crippen LogP contribution >= 0.6 is 0 Å². The Kier molecular flexibility index (Phi) is 2.97. The summed E-state index contributed by atoms with van der Waals surface area (Å²) >= 11 is 0. The van der Waals surface area contributed by atoms with Gasteiger partial charge in [-0.15, -0.1) is 0 Å². The van der Waals surface area contributed by atoms with Crippen LogP contribution in [-0.4, -0.2) is 15.3 Å². The Labute approximate surface area is 99.2 Å². The van der Waals surface area contributed by atoms with Gasteiger partial charge < -0.3 is 14.8 Å². The largest absolute Gasteiger partial charge is 0.361 e. The third-order valence-corrected chi connectivity index (χ3v) is 3.11. The maximum absolute atomic E-state index is 6.20. The summed E-state index contributed by atoms with van der Waals surface area (Å²) < 4.78 is 10.2. The molecule has 0 atom stereocenters. The van der Waals surface area contributed by atoms with Crippen molar-refractivity contribution >= 4 is 0 Å². The summed E-state index contributed by atoms with van der Waals surface area (Å²) in [4.78, 5) is 4.32. The van der Waals surface area contributed by atoms with E-state index in [4.69, 9.17) is 14.8 Å². The molecule has 0 aliphatic rings. The van der Waals surface area contributed by atoms with Crippen LogP contribution in [-0.2, 0) is 5.54 Å². The van der Waals surface area contributed by atoms with Crippen LogP contribution in [0.25, 0.3) is 11.5 Å². The molecule has 0 fully saturated rings. The van der Waals surface area contributed by atoms with Crippen molar-refractivity contribution in [1.82, 2.24) is 15.3 Å². The number of hydrogen-bond donors (Lipinski definition) is 1. The zero-order chi connectivity index (χ0) is 12.5. The lowest BCUT2D eigenvalue weighted by atomic mass is 9.93. The Morgan fingerprint density at radius 1 is 1.29 bits per heavy atom. The molecule has 17 heavy (non-hydrogen) atoms. The Hall–Kier alpha value is -1.69. The minimum absolute atomic E-state index is 0.399. The monoisotopic (exact) mass is 236 g/mol. The molecule has 2 aromatic heterocycles. The van der Waals surface area contributed by atoms with Gasteiger partial charge in [0.15, 0.2) is 5.82 Å². The second-order valence-corrected chi connectivity index (χ2v) is 4.08. The van der Waals surface area contributed by atoms with E-state index in [1.54, 1.807) is 13.1 Å². The zero-order valence-electron chi connectivity index (χ0n) is 10.2. The molecule has 2 aromatic rings. The second-order valence-electron chi connectivity index (χ2n) is 4.08. The first-order chi connectivity index (χ1) is 8.10. The molecule has 0 bridgehead atoms. The summed E-state index contributed by atoms with van der Waals surface area (Å²) in [5, 5.41) is 7.62. The summed E-state index contributed by atoms with van der Waals surface area (Å²) in [5.74, 6) is 1.57. The van der Waals surface area contributed by atoms with Crippen molar-refractivity contribution in [3.63, 3.8) is 0 Å². The zero-order valence-corrected chi connectivity index (χ0v) is 10.2. The SMILES string of the molecule is CCC(N)(CC)c1noc(-c2cnoc2C)n1. The van der Waals surface area contributed by atoms with Crippen LogP contribution in [0.3, 0.4) is 0 Å². The van der Waals surface area contributed by atoms with Crippen LogP contribution in [0.2, 0.25) is 0 Å². The van der Waals surface area contributed by atoms with Crippen LogP contribution in [0.5, 0.6) is 0 Å². The molecule has 0 aliphatic heterocycles. The summed E-state index contributed by atoms with van der Waals surface area (Å²) in [6.07, 6.45) is 3.07. The highest BCUT2D eigenvalue weighted by Crippen LogP contribution is 2.27. The fourth-order valence-electron chi connectivity index (χ4n) is 1.61. The molecule has 0 aliphatic carbocycles. The van der Waals surface area contributed by atoms with Gasteiger partial charge in [-0.05, 0) is 19.8 Å². The van der Waals surface area contributed by atoms with Gasteiger partial charge in [0.1, 0.15) is 11.3 Å². The highest BCUT2D eigenvalue weighted by molar-refractivity contribution is 5.53. The van der Waals surface area contributed by atoms with Crippen molar-refractivity contribution in [2.24, 2.45) is 5.73 Å². The Morgan fingerprint density at radius 2 is 2.00 bits per heavy atom. The second kappa shape index (κ2) is 4.29. The van der Waals surface area contributed by atoms with Crippen molar-refractivity contribution in [1.29, 1.82) is 0 Å². The molecule has 92 valence electrons. The van der Waals surface area contributed by atoms with Crippen LogP contribution in [0.4, 0.5) is 0 Å². The molecule has 0 radical (unpaired) electrons. The number of rotatable bonds is 4. The number of nitrogens with two attached hydrogens (primary N) is 1. The van der Waals surface area contributed by atoms with E-state index in [1.807, 2.05) is 13.8 Å². The Morgan fingerprint density at radius 3 is 2.53 bits per heavy atom. The Balaban J connectivity index is 2.37. The van der Waals surface area contributed by atoms with Crippen molar-refractivity contribution in [2.45, 2.75) is 39.2 Å². The van der Waals surface area contributed by atoms with Crippen molar-refractivity contribution in [3.8, 4) is 11.5 Å². The average molecular weight is 236 g/mol. The highest BCUT2D eigenvalue weighted by Gasteiger charge is 2.29. The van der Waals surface area contributed by atoms with Crippen LogP contribution in [0.15, 0.2) is 15.2 Å². The van der Waals surface area contributed by atoms with Crippen LogP contribution in [0, 0.1) is 6.92 Å². The average Bonchev–Trinajstić information content (AvgIpc) is 2.96. The molecule has 0 saturated carbocycles. The summed E-state index contributed by atoms with van der Waals surface area (Å²) in [6, 6.07) is 0. The molecule has 2 rings (SSSR count). The smallest absolute Gasteiger partial charge is 0.263 e. The van der Waals surface area contributed by atoms with Crippen molar-refractivity contribution in [3.05, 3.63) is 17.8 Å². The van der Waals surface area contributed by atoms with Crippen molar-refractivity contribution in [2.75, 3.05) is 0 Å². The number of hydrogen-bond acceptors (Lipinski definition) is 6. The molecule has 0 amide bonds. The van der Waals surface area contributed by atoms with Crippen molar-refractivity contribution < 1.29 is 9.05 Å². The van der Waals surface area contributed by atoms with Gasteiger partial charge in [-0.3, -0.25) is 0 Å². The van der Waals surface area contributed by atoms with E-state index in [0.29, 0.717) is 23.0 Å². The molecule has 6 nitrogen and oxygen atoms in total. The lowest BCUT2D eigenvalue weighted by molar-refractivity contribution is 0.350. The summed E-state index contributed by atoms with van der Waals surface area (Å²) in [6.45, 7) is 5.80. The van der Waals surface area contributed by atoms with E-state index in [9.17, 15) is 0 Å². The third-order valence-electron chi connectivity index (χ3n) is 3.11. The maximum atomic E-state index is 6.20. The molecule has 0 spiro atoms.